The molecule has 1 aromatic rings. The van der Waals surface area contributed by atoms with Crippen molar-refractivity contribution in [2.75, 3.05) is 5.73 Å². The van der Waals surface area contributed by atoms with Crippen LogP contribution in [0.2, 0.25) is 0 Å². The minimum atomic E-state index is 0.169. The molecule has 1 unspecified atom stereocenters. The standard InChI is InChI=1S/C12H20N2/c1-2-3-4-5-12(14)10-6-8-11(13)9-7-10/h6-9,12H,2-5,13-14H2,1H3. The topological polar surface area (TPSA) is 52.0 Å². The summed E-state index contributed by atoms with van der Waals surface area (Å²) in [5.74, 6) is 0. The molecule has 0 spiro atoms. The first-order valence-electron chi connectivity index (χ1n) is 5.35. The molecule has 0 heterocycles. The molecule has 0 aliphatic carbocycles. The summed E-state index contributed by atoms with van der Waals surface area (Å²) in [4.78, 5) is 0. The van der Waals surface area contributed by atoms with Gasteiger partial charge in [0.2, 0.25) is 0 Å². The van der Waals surface area contributed by atoms with Crippen LogP contribution in [0.25, 0.3) is 0 Å². The first-order valence-corrected chi connectivity index (χ1v) is 5.35. The highest BCUT2D eigenvalue weighted by atomic mass is 14.6. The van der Waals surface area contributed by atoms with Crippen LogP contribution in [0.3, 0.4) is 0 Å². The molecule has 0 aromatic heterocycles. The van der Waals surface area contributed by atoms with E-state index in [0.29, 0.717) is 0 Å². The number of nitrogen functional groups attached to an aromatic ring is 1. The first kappa shape index (κ1) is 11.1. The van der Waals surface area contributed by atoms with Crippen LogP contribution in [0, 0.1) is 0 Å². The minimum Gasteiger partial charge on any atom is -0.399 e. The number of nitrogens with two attached hydrogens (primary N) is 2. The van der Waals surface area contributed by atoms with Crippen LogP contribution in [-0.4, -0.2) is 0 Å². The van der Waals surface area contributed by atoms with Gasteiger partial charge >= 0.3 is 0 Å². The van der Waals surface area contributed by atoms with Crippen LogP contribution in [0.1, 0.15) is 44.2 Å². The summed E-state index contributed by atoms with van der Waals surface area (Å²) in [6.07, 6.45) is 4.79. The van der Waals surface area contributed by atoms with Crippen LogP contribution < -0.4 is 11.5 Å². The molecule has 0 bridgehead atoms. The van der Waals surface area contributed by atoms with Gasteiger partial charge in [-0.2, -0.15) is 0 Å². The van der Waals surface area contributed by atoms with Crippen LogP contribution in [0.15, 0.2) is 24.3 Å². The average Bonchev–Trinajstić information content (AvgIpc) is 2.19. The van der Waals surface area contributed by atoms with E-state index in [9.17, 15) is 0 Å². The van der Waals surface area contributed by atoms with Crippen molar-refractivity contribution >= 4 is 5.69 Å². The van der Waals surface area contributed by atoms with Gasteiger partial charge in [-0.3, -0.25) is 0 Å². The predicted octanol–water partition coefficient (Wildman–Crippen LogP) is 2.85. The Bertz CT molecular complexity index is 254. The third-order valence-electron chi connectivity index (χ3n) is 2.48. The number of benzene rings is 1. The third-order valence-corrected chi connectivity index (χ3v) is 2.48. The molecule has 0 amide bonds. The van der Waals surface area contributed by atoms with Crippen molar-refractivity contribution in [2.45, 2.75) is 38.6 Å². The largest absolute Gasteiger partial charge is 0.399 e. The fourth-order valence-electron chi connectivity index (χ4n) is 1.52. The maximum atomic E-state index is 6.05. The van der Waals surface area contributed by atoms with E-state index in [1.165, 1.54) is 24.8 Å². The lowest BCUT2D eigenvalue weighted by Crippen LogP contribution is -2.09. The van der Waals surface area contributed by atoms with E-state index in [-0.39, 0.29) is 6.04 Å². The average molecular weight is 192 g/mol. The van der Waals surface area contributed by atoms with Crippen LogP contribution in [0.5, 0.6) is 0 Å². The van der Waals surface area contributed by atoms with Crippen LogP contribution in [-0.2, 0) is 0 Å². The summed E-state index contributed by atoms with van der Waals surface area (Å²) in [7, 11) is 0. The number of hydrogen-bond donors (Lipinski definition) is 2. The van der Waals surface area contributed by atoms with Gasteiger partial charge in [-0.05, 0) is 24.1 Å². The van der Waals surface area contributed by atoms with Gasteiger partial charge in [0.25, 0.3) is 0 Å². The minimum absolute atomic E-state index is 0.169. The zero-order valence-electron chi connectivity index (χ0n) is 8.87. The maximum absolute atomic E-state index is 6.05. The van der Waals surface area contributed by atoms with Gasteiger partial charge in [-0.25, -0.2) is 0 Å². The Kier molecular flexibility index (Phi) is 4.47. The van der Waals surface area contributed by atoms with Crippen molar-refractivity contribution in [3.8, 4) is 0 Å². The molecule has 1 rings (SSSR count). The molecule has 4 N–H and O–H groups in total. The van der Waals surface area contributed by atoms with E-state index in [1.807, 2.05) is 24.3 Å². The molecule has 0 saturated carbocycles. The Morgan fingerprint density at radius 2 is 1.79 bits per heavy atom. The monoisotopic (exact) mass is 192 g/mol. The Morgan fingerprint density at radius 1 is 1.14 bits per heavy atom. The normalized spacial score (nSPS) is 12.7. The van der Waals surface area contributed by atoms with Gasteiger partial charge in [0, 0.05) is 11.7 Å². The van der Waals surface area contributed by atoms with Gasteiger partial charge in [0.1, 0.15) is 0 Å². The molecule has 78 valence electrons. The van der Waals surface area contributed by atoms with E-state index in [0.717, 1.165) is 12.1 Å². The molecule has 0 fully saturated rings. The lowest BCUT2D eigenvalue weighted by molar-refractivity contribution is 0.581. The van der Waals surface area contributed by atoms with Crippen molar-refractivity contribution in [2.24, 2.45) is 5.73 Å². The molecule has 0 radical (unpaired) electrons. The molecule has 2 heteroatoms. The van der Waals surface area contributed by atoms with Gasteiger partial charge in [-0.15, -0.1) is 0 Å². The Hall–Kier alpha value is -1.02. The van der Waals surface area contributed by atoms with E-state index >= 15 is 0 Å². The molecule has 0 aliphatic heterocycles. The molecule has 14 heavy (non-hydrogen) atoms. The third kappa shape index (κ3) is 3.38. The smallest absolute Gasteiger partial charge is 0.0314 e. The van der Waals surface area contributed by atoms with Crippen molar-refractivity contribution in [3.05, 3.63) is 29.8 Å². The van der Waals surface area contributed by atoms with E-state index in [2.05, 4.69) is 6.92 Å². The Morgan fingerprint density at radius 3 is 2.36 bits per heavy atom. The van der Waals surface area contributed by atoms with Crippen molar-refractivity contribution in [3.63, 3.8) is 0 Å². The molecule has 1 aromatic carbocycles. The fraction of sp³-hybridized carbons (Fsp3) is 0.500. The number of anilines is 1. The SMILES string of the molecule is CCCCCC(N)c1ccc(N)cc1. The van der Waals surface area contributed by atoms with Crippen molar-refractivity contribution < 1.29 is 0 Å². The van der Waals surface area contributed by atoms with Crippen molar-refractivity contribution in [1.29, 1.82) is 0 Å². The second kappa shape index (κ2) is 5.66. The summed E-state index contributed by atoms with van der Waals surface area (Å²) >= 11 is 0. The van der Waals surface area contributed by atoms with Gasteiger partial charge in [0.15, 0.2) is 0 Å². The van der Waals surface area contributed by atoms with Gasteiger partial charge < -0.3 is 11.5 Å². The zero-order chi connectivity index (χ0) is 10.4. The molecule has 0 saturated heterocycles. The van der Waals surface area contributed by atoms with E-state index < -0.39 is 0 Å². The number of unbranched alkanes of at least 4 members (excludes halogenated alkanes) is 2. The summed E-state index contributed by atoms with van der Waals surface area (Å²) < 4.78 is 0. The summed E-state index contributed by atoms with van der Waals surface area (Å²) in [5.41, 5.74) is 13.6. The number of hydrogen-bond acceptors (Lipinski definition) is 2. The number of rotatable bonds is 5. The quantitative estimate of drug-likeness (QED) is 0.556. The summed E-state index contributed by atoms with van der Waals surface area (Å²) in [6.45, 7) is 2.20. The molecule has 0 aliphatic rings. The highest BCUT2D eigenvalue weighted by Gasteiger charge is 2.04. The van der Waals surface area contributed by atoms with Gasteiger partial charge in [-0.1, -0.05) is 38.3 Å². The summed E-state index contributed by atoms with van der Waals surface area (Å²) in [5, 5.41) is 0. The highest BCUT2D eigenvalue weighted by Crippen LogP contribution is 2.18. The Labute approximate surface area is 86.3 Å². The lowest BCUT2D eigenvalue weighted by Gasteiger charge is -2.11. The van der Waals surface area contributed by atoms with Crippen LogP contribution in [0.4, 0.5) is 5.69 Å². The maximum Gasteiger partial charge on any atom is 0.0314 e. The van der Waals surface area contributed by atoms with Crippen molar-refractivity contribution in [1.82, 2.24) is 0 Å². The second-order valence-corrected chi connectivity index (χ2v) is 3.77. The second-order valence-electron chi connectivity index (χ2n) is 3.77. The van der Waals surface area contributed by atoms with E-state index in [4.69, 9.17) is 11.5 Å². The highest BCUT2D eigenvalue weighted by molar-refractivity contribution is 5.40. The molecule has 1 atom stereocenters. The van der Waals surface area contributed by atoms with E-state index in [1.54, 1.807) is 0 Å². The van der Waals surface area contributed by atoms with Gasteiger partial charge in [0.05, 0.1) is 0 Å². The summed E-state index contributed by atoms with van der Waals surface area (Å²) in [6, 6.07) is 8.03. The van der Waals surface area contributed by atoms with Crippen LogP contribution >= 0.6 is 0 Å². The lowest BCUT2D eigenvalue weighted by atomic mass is 10.0. The molecule has 2 nitrogen and oxygen atoms in total. The Balaban J connectivity index is 2.43. The first-order chi connectivity index (χ1) is 6.74. The zero-order valence-corrected chi connectivity index (χ0v) is 8.87. The molecular formula is C12H20N2. The fourth-order valence-corrected chi connectivity index (χ4v) is 1.52. The molecular weight excluding hydrogens is 172 g/mol. The predicted molar refractivity (Wildman–Crippen MR) is 61.9 cm³/mol.